The number of aliphatic hydroxyl groups is 2. The van der Waals surface area contributed by atoms with Gasteiger partial charge in [0.25, 0.3) is 0 Å². The van der Waals surface area contributed by atoms with Crippen molar-refractivity contribution in [3.05, 3.63) is 57.6 Å². The van der Waals surface area contributed by atoms with Crippen molar-refractivity contribution in [1.82, 2.24) is 5.32 Å². The number of carbonyl (C=O) groups excluding carboxylic acids is 1. The Hall–Kier alpha value is -1.70. The van der Waals surface area contributed by atoms with Crippen molar-refractivity contribution in [2.24, 2.45) is 0 Å². The number of hydrogen-bond acceptors (Lipinski definition) is 5. The molecule has 0 heterocycles. The van der Waals surface area contributed by atoms with Crippen LogP contribution in [-0.2, 0) is 10.2 Å². The molecule has 0 aliphatic carbocycles. The number of aliphatic hydroxyl groups excluding tert-OH is 2. The van der Waals surface area contributed by atoms with E-state index < -0.39 is 17.6 Å². The van der Waals surface area contributed by atoms with E-state index >= 15 is 0 Å². The minimum atomic E-state index is -0.813. The van der Waals surface area contributed by atoms with E-state index in [2.05, 4.69) is 5.32 Å². The van der Waals surface area contributed by atoms with Crippen molar-refractivity contribution in [3.8, 4) is 11.5 Å². The molecule has 0 aromatic heterocycles. The maximum atomic E-state index is 10.9. The summed E-state index contributed by atoms with van der Waals surface area (Å²) in [6.45, 7) is 5.66. The quantitative estimate of drug-likeness (QED) is 0.400. The molecular formula is C23H28Cl3NO5. The number of halogens is 3. The van der Waals surface area contributed by atoms with Crippen LogP contribution in [0.25, 0.3) is 0 Å². The molecule has 2 atom stereocenters. The van der Waals surface area contributed by atoms with Crippen LogP contribution in [0.4, 0.5) is 0 Å². The lowest BCUT2D eigenvalue weighted by Crippen LogP contribution is -2.33. The zero-order valence-electron chi connectivity index (χ0n) is 18.2. The third kappa shape index (κ3) is 7.42. The molecule has 9 heteroatoms. The molecule has 0 spiro atoms. The van der Waals surface area contributed by atoms with Crippen LogP contribution in [0.2, 0.25) is 10.0 Å². The molecule has 0 radical (unpaired) electrons. The highest BCUT2D eigenvalue weighted by Crippen LogP contribution is 2.40. The van der Waals surface area contributed by atoms with Gasteiger partial charge in [-0.15, -0.1) is 11.6 Å². The SMILES string of the molecule is CC(=O)NC[C@@H](O)COc1ccc(C(C)(C)c2cc(Cl)c(OC[C@H](O)CCl)c(Cl)c2)cc1. The van der Waals surface area contributed by atoms with Gasteiger partial charge in [0.05, 0.1) is 15.9 Å². The Morgan fingerprint density at radius 1 is 1.00 bits per heavy atom. The molecule has 0 unspecified atom stereocenters. The number of rotatable bonds is 11. The second-order valence-electron chi connectivity index (χ2n) is 7.94. The maximum absolute atomic E-state index is 10.9. The van der Waals surface area contributed by atoms with Crippen LogP contribution < -0.4 is 14.8 Å². The number of nitrogens with one attached hydrogen (secondary N) is 1. The standard InChI is InChI=1S/C23H28Cl3NO5/c1-14(28)27-11-18(30)13-31-19-6-4-15(5-7-19)23(2,3)16-8-20(25)22(21(26)9-16)32-12-17(29)10-24/h4-9,17-18,29-30H,10-13H2,1-3H3,(H,27,28)/t17-,18-/m1/s1. The minimum Gasteiger partial charge on any atom is -0.491 e. The summed E-state index contributed by atoms with van der Waals surface area (Å²) in [5.41, 5.74) is 1.46. The van der Waals surface area contributed by atoms with E-state index in [0.717, 1.165) is 11.1 Å². The van der Waals surface area contributed by atoms with Gasteiger partial charge in [0, 0.05) is 18.9 Å². The molecule has 0 saturated carbocycles. The molecule has 2 aromatic carbocycles. The Labute approximate surface area is 203 Å². The molecule has 176 valence electrons. The molecule has 0 fully saturated rings. The Morgan fingerprint density at radius 2 is 1.56 bits per heavy atom. The number of hydrogen-bond donors (Lipinski definition) is 3. The predicted molar refractivity (Wildman–Crippen MR) is 127 cm³/mol. The van der Waals surface area contributed by atoms with E-state index in [1.54, 1.807) is 12.1 Å². The highest BCUT2D eigenvalue weighted by molar-refractivity contribution is 6.37. The van der Waals surface area contributed by atoms with Gasteiger partial charge in [0.15, 0.2) is 5.75 Å². The lowest BCUT2D eigenvalue weighted by atomic mass is 9.78. The van der Waals surface area contributed by atoms with E-state index in [1.165, 1.54) is 6.92 Å². The smallest absolute Gasteiger partial charge is 0.216 e. The zero-order valence-corrected chi connectivity index (χ0v) is 20.5. The minimum absolute atomic E-state index is 0.00729. The first kappa shape index (κ1) is 26.6. The Morgan fingerprint density at radius 3 is 2.09 bits per heavy atom. The van der Waals surface area contributed by atoms with Gasteiger partial charge in [-0.2, -0.15) is 0 Å². The van der Waals surface area contributed by atoms with Crippen molar-refractivity contribution in [2.75, 3.05) is 25.6 Å². The lowest BCUT2D eigenvalue weighted by molar-refractivity contribution is -0.119. The van der Waals surface area contributed by atoms with Crippen LogP contribution in [-0.4, -0.2) is 54.0 Å². The molecule has 6 nitrogen and oxygen atoms in total. The van der Waals surface area contributed by atoms with Crippen molar-refractivity contribution >= 4 is 40.7 Å². The summed E-state index contributed by atoms with van der Waals surface area (Å²) >= 11 is 18.4. The van der Waals surface area contributed by atoms with Gasteiger partial charge in [-0.3, -0.25) is 4.79 Å². The van der Waals surface area contributed by atoms with E-state index in [9.17, 15) is 15.0 Å². The Kier molecular flexibility index (Phi) is 9.92. The fraction of sp³-hybridized carbons (Fsp3) is 0.435. The van der Waals surface area contributed by atoms with Gasteiger partial charge < -0.3 is 25.0 Å². The topological polar surface area (TPSA) is 88.0 Å². The highest BCUT2D eigenvalue weighted by Gasteiger charge is 2.26. The third-order valence-corrected chi connectivity index (χ3v) is 5.84. The Bertz CT molecular complexity index is 882. The van der Waals surface area contributed by atoms with Gasteiger partial charge >= 0.3 is 0 Å². The van der Waals surface area contributed by atoms with E-state index in [1.807, 2.05) is 38.1 Å². The molecule has 2 rings (SSSR count). The molecule has 3 N–H and O–H groups in total. The maximum Gasteiger partial charge on any atom is 0.216 e. The third-order valence-electron chi connectivity index (χ3n) is 4.92. The van der Waals surface area contributed by atoms with Crippen LogP contribution in [0.1, 0.15) is 31.9 Å². The number of alkyl halides is 1. The fourth-order valence-corrected chi connectivity index (χ4v) is 3.62. The molecule has 0 aliphatic heterocycles. The van der Waals surface area contributed by atoms with Gasteiger partial charge in [0.1, 0.15) is 31.2 Å². The fourth-order valence-electron chi connectivity index (χ4n) is 2.93. The van der Waals surface area contributed by atoms with Gasteiger partial charge in [0.2, 0.25) is 5.91 Å². The summed E-state index contributed by atoms with van der Waals surface area (Å²) in [4.78, 5) is 10.9. The number of benzene rings is 2. The van der Waals surface area contributed by atoms with E-state index in [4.69, 9.17) is 44.3 Å². The summed E-state index contributed by atoms with van der Waals surface area (Å²) in [6, 6.07) is 11.1. The van der Waals surface area contributed by atoms with Crippen LogP contribution in [0.15, 0.2) is 36.4 Å². The van der Waals surface area contributed by atoms with E-state index in [0.29, 0.717) is 21.5 Å². The first-order valence-corrected chi connectivity index (χ1v) is 11.4. The lowest BCUT2D eigenvalue weighted by Gasteiger charge is -2.27. The summed E-state index contributed by atoms with van der Waals surface area (Å²) in [5.74, 6) is 0.750. The highest BCUT2D eigenvalue weighted by atomic mass is 35.5. The zero-order chi connectivity index (χ0) is 23.9. The second kappa shape index (κ2) is 12.0. The average Bonchev–Trinajstić information content (AvgIpc) is 2.75. The number of amides is 1. The molecule has 1 amide bonds. The normalized spacial score (nSPS) is 13.4. The second-order valence-corrected chi connectivity index (χ2v) is 9.06. The van der Waals surface area contributed by atoms with Crippen molar-refractivity contribution < 1.29 is 24.5 Å². The van der Waals surface area contributed by atoms with Crippen LogP contribution in [0, 0.1) is 0 Å². The summed E-state index contributed by atoms with van der Waals surface area (Å²) in [7, 11) is 0. The van der Waals surface area contributed by atoms with Crippen molar-refractivity contribution in [1.29, 1.82) is 0 Å². The summed E-state index contributed by atoms with van der Waals surface area (Å²) in [5, 5.41) is 22.7. The van der Waals surface area contributed by atoms with E-state index in [-0.39, 0.29) is 31.5 Å². The van der Waals surface area contributed by atoms with Gasteiger partial charge in [-0.1, -0.05) is 49.2 Å². The largest absolute Gasteiger partial charge is 0.491 e. The Balaban J connectivity index is 2.10. The molecule has 0 saturated heterocycles. The molecule has 2 aromatic rings. The average molecular weight is 505 g/mol. The molecular weight excluding hydrogens is 477 g/mol. The van der Waals surface area contributed by atoms with Crippen LogP contribution in [0.5, 0.6) is 11.5 Å². The monoisotopic (exact) mass is 503 g/mol. The van der Waals surface area contributed by atoms with Gasteiger partial charge in [-0.25, -0.2) is 0 Å². The number of ether oxygens (including phenoxy) is 2. The van der Waals surface area contributed by atoms with Gasteiger partial charge in [-0.05, 0) is 35.4 Å². The van der Waals surface area contributed by atoms with Crippen LogP contribution >= 0.6 is 34.8 Å². The van der Waals surface area contributed by atoms with Crippen molar-refractivity contribution in [3.63, 3.8) is 0 Å². The summed E-state index contributed by atoms with van der Waals surface area (Å²) in [6.07, 6.45) is -1.61. The number of carbonyl (C=O) groups is 1. The van der Waals surface area contributed by atoms with Crippen molar-refractivity contribution in [2.45, 2.75) is 38.4 Å². The summed E-state index contributed by atoms with van der Waals surface area (Å²) < 4.78 is 11.1. The molecule has 0 bridgehead atoms. The first-order chi connectivity index (χ1) is 15.0. The first-order valence-electron chi connectivity index (χ1n) is 10.1. The molecule has 32 heavy (non-hydrogen) atoms. The predicted octanol–water partition coefficient (Wildman–Crippen LogP) is 4.17. The molecule has 0 aliphatic rings. The van der Waals surface area contributed by atoms with Crippen LogP contribution in [0.3, 0.4) is 0 Å².